The number of nitrogens with two attached hydrogens (primary N) is 1. The monoisotopic (exact) mass is 243 g/mol. The van der Waals surface area contributed by atoms with E-state index < -0.39 is 10.0 Å². The van der Waals surface area contributed by atoms with Crippen molar-refractivity contribution in [3.63, 3.8) is 0 Å². The Labute approximate surface area is 96.5 Å². The van der Waals surface area contributed by atoms with Gasteiger partial charge in [0, 0.05) is 0 Å². The maximum atomic E-state index is 11.4. The number of unbranched alkanes of at least 4 members (excludes halogenated alkanes) is 1. The molecule has 0 aliphatic rings. The van der Waals surface area contributed by atoms with Crippen molar-refractivity contribution in [3.8, 4) is 5.75 Å². The molecule has 2 N–H and O–H groups in total. The molecule has 0 unspecified atom stereocenters. The molecule has 1 aromatic rings. The fraction of sp³-hybridized carbons (Fsp3) is 0.455. The van der Waals surface area contributed by atoms with E-state index in [4.69, 9.17) is 9.88 Å². The molecule has 0 radical (unpaired) electrons. The zero-order valence-corrected chi connectivity index (χ0v) is 10.4. The summed E-state index contributed by atoms with van der Waals surface area (Å²) in [6.45, 7) is 2.05. The molecule has 0 aromatic heterocycles. The molecule has 0 aliphatic heterocycles. The average molecular weight is 243 g/mol. The molecule has 1 rings (SSSR count). The van der Waals surface area contributed by atoms with Crippen molar-refractivity contribution >= 4 is 10.0 Å². The number of aryl methyl sites for hydroxylation is 1. The molecule has 0 fully saturated rings. The molecular formula is C11H17NO3S. The summed E-state index contributed by atoms with van der Waals surface area (Å²) in [4.78, 5) is 0.196. The predicted molar refractivity (Wildman–Crippen MR) is 63.0 cm³/mol. The second-order valence-electron chi connectivity index (χ2n) is 3.62. The van der Waals surface area contributed by atoms with E-state index in [1.807, 2.05) is 0 Å². The molecule has 0 heterocycles. The molecule has 0 spiro atoms. The minimum atomic E-state index is -3.64. The van der Waals surface area contributed by atoms with Gasteiger partial charge in [0.15, 0.2) is 0 Å². The van der Waals surface area contributed by atoms with Crippen molar-refractivity contribution < 1.29 is 13.2 Å². The SMILES string of the molecule is CCCCc1cc(OC)ccc1S(N)(=O)=O. The predicted octanol–water partition coefficient (Wildman–Crippen LogP) is 1.69. The van der Waals surface area contributed by atoms with E-state index in [0.29, 0.717) is 12.2 Å². The Bertz CT molecular complexity index is 454. The lowest BCUT2D eigenvalue weighted by molar-refractivity contribution is 0.413. The first-order chi connectivity index (χ1) is 7.49. The van der Waals surface area contributed by atoms with Gasteiger partial charge in [-0.2, -0.15) is 0 Å². The molecule has 0 saturated heterocycles. The Balaban J connectivity index is 3.16. The van der Waals surface area contributed by atoms with Crippen LogP contribution in [0.4, 0.5) is 0 Å². The lowest BCUT2D eigenvalue weighted by Gasteiger charge is -2.09. The van der Waals surface area contributed by atoms with Crippen LogP contribution in [0.25, 0.3) is 0 Å². The maximum absolute atomic E-state index is 11.4. The zero-order valence-electron chi connectivity index (χ0n) is 9.56. The maximum Gasteiger partial charge on any atom is 0.238 e. The number of methoxy groups -OCH3 is 1. The average Bonchev–Trinajstić information content (AvgIpc) is 2.24. The highest BCUT2D eigenvalue weighted by Crippen LogP contribution is 2.22. The molecule has 90 valence electrons. The van der Waals surface area contributed by atoms with Crippen LogP contribution in [0.2, 0.25) is 0 Å². The first-order valence-electron chi connectivity index (χ1n) is 5.18. The van der Waals surface area contributed by atoms with E-state index in [0.717, 1.165) is 18.4 Å². The van der Waals surface area contributed by atoms with Crippen molar-refractivity contribution in [1.82, 2.24) is 0 Å². The molecule has 1 aromatic carbocycles. The van der Waals surface area contributed by atoms with E-state index in [1.54, 1.807) is 19.2 Å². The van der Waals surface area contributed by atoms with Crippen molar-refractivity contribution in [2.24, 2.45) is 5.14 Å². The van der Waals surface area contributed by atoms with Crippen molar-refractivity contribution in [2.75, 3.05) is 7.11 Å². The quantitative estimate of drug-likeness (QED) is 0.855. The highest BCUT2D eigenvalue weighted by molar-refractivity contribution is 7.89. The van der Waals surface area contributed by atoms with Gasteiger partial charge in [0.1, 0.15) is 5.75 Å². The minimum absolute atomic E-state index is 0.196. The van der Waals surface area contributed by atoms with E-state index in [-0.39, 0.29) is 4.90 Å². The van der Waals surface area contributed by atoms with Gasteiger partial charge in [0.2, 0.25) is 10.0 Å². The normalized spacial score (nSPS) is 11.4. The summed E-state index contributed by atoms with van der Waals surface area (Å²) in [5.41, 5.74) is 0.726. The van der Waals surface area contributed by atoms with Gasteiger partial charge in [-0.05, 0) is 36.6 Å². The summed E-state index contributed by atoms with van der Waals surface area (Å²) in [5.74, 6) is 0.651. The van der Waals surface area contributed by atoms with Gasteiger partial charge in [-0.1, -0.05) is 13.3 Å². The Morgan fingerprint density at radius 3 is 2.56 bits per heavy atom. The van der Waals surface area contributed by atoms with Crippen LogP contribution < -0.4 is 9.88 Å². The first kappa shape index (κ1) is 13.0. The summed E-state index contributed by atoms with van der Waals surface area (Å²) in [6.07, 6.45) is 2.62. The largest absolute Gasteiger partial charge is 0.497 e. The Morgan fingerprint density at radius 2 is 2.06 bits per heavy atom. The van der Waals surface area contributed by atoms with Crippen LogP contribution in [0, 0.1) is 0 Å². The van der Waals surface area contributed by atoms with Crippen LogP contribution in [0.3, 0.4) is 0 Å². The van der Waals surface area contributed by atoms with Gasteiger partial charge in [-0.15, -0.1) is 0 Å². The fourth-order valence-corrected chi connectivity index (χ4v) is 2.31. The van der Waals surface area contributed by atoms with Gasteiger partial charge >= 0.3 is 0 Å². The molecule has 0 bridgehead atoms. The van der Waals surface area contributed by atoms with Gasteiger partial charge < -0.3 is 4.74 Å². The minimum Gasteiger partial charge on any atom is -0.497 e. The van der Waals surface area contributed by atoms with E-state index in [2.05, 4.69) is 6.92 Å². The van der Waals surface area contributed by atoms with Crippen LogP contribution in [0.15, 0.2) is 23.1 Å². The molecule has 0 atom stereocenters. The van der Waals surface area contributed by atoms with Crippen molar-refractivity contribution in [2.45, 2.75) is 31.1 Å². The van der Waals surface area contributed by atoms with Crippen molar-refractivity contribution in [1.29, 1.82) is 0 Å². The van der Waals surface area contributed by atoms with Crippen LogP contribution >= 0.6 is 0 Å². The summed E-state index contributed by atoms with van der Waals surface area (Å²) in [7, 11) is -2.09. The number of sulfonamides is 1. The first-order valence-corrected chi connectivity index (χ1v) is 6.73. The second-order valence-corrected chi connectivity index (χ2v) is 5.15. The highest BCUT2D eigenvalue weighted by Gasteiger charge is 2.14. The summed E-state index contributed by atoms with van der Waals surface area (Å²) < 4.78 is 27.8. The highest BCUT2D eigenvalue weighted by atomic mass is 32.2. The lowest BCUT2D eigenvalue weighted by atomic mass is 10.1. The molecular weight excluding hydrogens is 226 g/mol. The third-order valence-electron chi connectivity index (χ3n) is 2.37. The standard InChI is InChI=1S/C11H17NO3S/c1-3-4-5-9-8-10(15-2)6-7-11(9)16(12,13)14/h6-8H,3-5H2,1-2H3,(H2,12,13,14). The molecule has 4 nitrogen and oxygen atoms in total. The smallest absolute Gasteiger partial charge is 0.238 e. The summed E-state index contributed by atoms with van der Waals surface area (Å²) >= 11 is 0. The number of ether oxygens (including phenoxy) is 1. The molecule has 0 saturated carbocycles. The summed E-state index contributed by atoms with van der Waals surface area (Å²) in [5, 5.41) is 5.15. The third-order valence-corrected chi connectivity index (χ3v) is 3.39. The van der Waals surface area contributed by atoms with E-state index in [9.17, 15) is 8.42 Å². The Kier molecular flexibility index (Phi) is 4.32. The Morgan fingerprint density at radius 1 is 1.38 bits per heavy atom. The van der Waals surface area contributed by atoms with Gasteiger partial charge in [0.25, 0.3) is 0 Å². The van der Waals surface area contributed by atoms with Crippen LogP contribution in [-0.4, -0.2) is 15.5 Å². The molecule has 0 aliphatic carbocycles. The van der Waals surface area contributed by atoms with E-state index in [1.165, 1.54) is 6.07 Å². The van der Waals surface area contributed by atoms with Crippen LogP contribution in [0.1, 0.15) is 25.3 Å². The molecule has 0 amide bonds. The van der Waals surface area contributed by atoms with E-state index >= 15 is 0 Å². The number of hydrogen-bond acceptors (Lipinski definition) is 3. The lowest BCUT2D eigenvalue weighted by Crippen LogP contribution is -2.14. The van der Waals surface area contributed by atoms with Crippen LogP contribution in [-0.2, 0) is 16.4 Å². The second kappa shape index (κ2) is 5.32. The van der Waals surface area contributed by atoms with Gasteiger partial charge in [-0.25, -0.2) is 13.6 Å². The Hall–Kier alpha value is -1.07. The van der Waals surface area contributed by atoms with Gasteiger partial charge in [-0.3, -0.25) is 0 Å². The van der Waals surface area contributed by atoms with Crippen LogP contribution in [0.5, 0.6) is 5.75 Å². The topological polar surface area (TPSA) is 69.4 Å². The number of primary sulfonamides is 1. The third kappa shape index (κ3) is 3.21. The molecule has 5 heteroatoms. The zero-order chi connectivity index (χ0) is 12.2. The number of benzene rings is 1. The molecule has 16 heavy (non-hydrogen) atoms. The fourth-order valence-electron chi connectivity index (χ4n) is 1.52. The number of rotatable bonds is 5. The summed E-state index contributed by atoms with van der Waals surface area (Å²) in [6, 6.07) is 4.84. The number of hydrogen-bond donors (Lipinski definition) is 1. The van der Waals surface area contributed by atoms with Crippen molar-refractivity contribution in [3.05, 3.63) is 23.8 Å². The van der Waals surface area contributed by atoms with Gasteiger partial charge in [0.05, 0.1) is 12.0 Å².